The van der Waals surface area contributed by atoms with Crippen LogP contribution < -0.4 is 0 Å². The van der Waals surface area contributed by atoms with Crippen molar-refractivity contribution in [2.45, 2.75) is 31.3 Å². The maximum Gasteiger partial charge on any atom is 0.321 e. The Morgan fingerprint density at radius 1 is 1.30 bits per heavy atom. The normalized spacial score (nSPS) is 12.9. The molecule has 0 spiro atoms. The molecule has 112 valence electrons. The molecule has 0 radical (unpaired) electrons. The molecule has 7 heteroatoms. The Morgan fingerprint density at radius 2 is 1.90 bits per heavy atom. The third-order valence-electron chi connectivity index (χ3n) is 2.51. The van der Waals surface area contributed by atoms with Gasteiger partial charge in [-0.15, -0.1) is 11.6 Å². The van der Waals surface area contributed by atoms with Crippen molar-refractivity contribution in [2.75, 3.05) is 12.5 Å². The van der Waals surface area contributed by atoms with E-state index in [1.807, 2.05) is 6.92 Å². The second kappa shape index (κ2) is 7.61. The molecule has 0 fully saturated rings. The Bertz CT molecular complexity index is 538. The first-order valence-electron chi connectivity index (χ1n) is 6.06. The molecular weight excluding hydrogens is 304 g/mol. The molecule has 1 aromatic rings. The maximum absolute atomic E-state index is 11.9. The summed E-state index contributed by atoms with van der Waals surface area (Å²) < 4.78 is 33.5. The molecule has 0 aliphatic rings. The zero-order chi connectivity index (χ0) is 15.2. The van der Waals surface area contributed by atoms with Gasteiger partial charge in [-0.1, -0.05) is 17.7 Å². The van der Waals surface area contributed by atoms with Crippen LogP contribution in [0.4, 0.5) is 0 Å². The van der Waals surface area contributed by atoms with E-state index in [1.54, 1.807) is 19.1 Å². The molecule has 5 nitrogen and oxygen atoms in total. The van der Waals surface area contributed by atoms with Gasteiger partial charge >= 0.3 is 5.97 Å². The lowest BCUT2D eigenvalue weighted by Gasteiger charge is -2.12. The SMILES string of the molecule is Cc1ccc(S(=O)(=O)OCC[C@@H](C)OC(=O)CCl)cc1. The van der Waals surface area contributed by atoms with Gasteiger partial charge in [-0.2, -0.15) is 8.42 Å². The molecule has 0 aliphatic heterocycles. The molecule has 1 atom stereocenters. The molecule has 1 rings (SSSR count). The number of esters is 1. The summed E-state index contributed by atoms with van der Waals surface area (Å²) in [4.78, 5) is 11.0. The molecule has 0 bridgehead atoms. The highest BCUT2D eigenvalue weighted by Gasteiger charge is 2.16. The predicted octanol–water partition coefficient (Wildman–Crippen LogP) is 2.26. The minimum absolute atomic E-state index is 0.0626. The molecular formula is C13H17ClO5S. The molecule has 0 aromatic heterocycles. The van der Waals surface area contributed by atoms with Gasteiger partial charge in [0.05, 0.1) is 11.5 Å². The number of alkyl halides is 1. The first kappa shape index (κ1) is 16.9. The number of halogens is 1. The van der Waals surface area contributed by atoms with Crippen LogP contribution in [-0.4, -0.2) is 33.0 Å². The summed E-state index contributed by atoms with van der Waals surface area (Å²) in [5.74, 6) is -0.770. The second-order valence-corrected chi connectivity index (χ2v) is 6.19. The summed E-state index contributed by atoms with van der Waals surface area (Å²) in [6.45, 7) is 3.45. The van der Waals surface area contributed by atoms with Gasteiger partial charge in [0.25, 0.3) is 10.1 Å². The van der Waals surface area contributed by atoms with Gasteiger partial charge in [0.1, 0.15) is 12.0 Å². The molecule has 0 N–H and O–H groups in total. The van der Waals surface area contributed by atoms with Gasteiger partial charge < -0.3 is 4.74 Å². The van der Waals surface area contributed by atoms with Crippen LogP contribution in [0.3, 0.4) is 0 Å². The standard InChI is InChI=1S/C13H17ClO5S/c1-10-3-5-12(6-4-10)20(16,17)18-8-7-11(2)19-13(15)9-14/h3-6,11H,7-9H2,1-2H3/t11-/m1/s1. The summed E-state index contributed by atoms with van der Waals surface area (Å²) in [6, 6.07) is 6.37. The largest absolute Gasteiger partial charge is 0.462 e. The summed E-state index contributed by atoms with van der Waals surface area (Å²) in [5.41, 5.74) is 0.963. The average Bonchev–Trinajstić information content (AvgIpc) is 2.38. The fraction of sp³-hybridized carbons (Fsp3) is 0.462. The smallest absolute Gasteiger partial charge is 0.321 e. The zero-order valence-corrected chi connectivity index (χ0v) is 12.9. The van der Waals surface area contributed by atoms with Crippen LogP contribution in [0.1, 0.15) is 18.9 Å². The molecule has 0 aliphatic carbocycles. The Balaban J connectivity index is 2.48. The Morgan fingerprint density at radius 3 is 2.45 bits per heavy atom. The van der Waals surface area contributed by atoms with Crippen LogP contribution in [0, 0.1) is 6.92 Å². The summed E-state index contributed by atoms with van der Waals surface area (Å²) in [6.07, 6.45) is -0.178. The summed E-state index contributed by atoms with van der Waals surface area (Å²) in [5, 5.41) is 0. The second-order valence-electron chi connectivity index (χ2n) is 4.31. The van der Waals surface area contributed by atoms with Crippen molar-refractivity contribution in [1.82, 2.24) is 0 Å². The van der Waals surface area contributed by atoms with Gasteiger partial charge in [-0.05, 0) is 26.0 Å². The van der Waals surface area contributed by atoms with Crippen LogP contribution >= 0.6 is 11.6 Å². The minimum atomic E-state index is -3.77. The maximum atomic E-state index is 11.9. The fourth-order valence-corrected chi connectivity index (χ4v) is 2.40. The van der Waals surface area contributed by atoms with Gasteiger partial charge in [-0.25, -0.2) is 0 Å². The molecule has 20 heavy (non-hydrogen) atoms. The molecule has 1 aromatic carbocycles. The van der Waals surface area contributed by atoms with Crippen molar-refractivity contribution in [1.29, 1.82) is 0 Å². The molecule has 0 heterocycles. The van der Waals surface area contributed by atoms with Gasteiger partial charge in [0.2, 0.25) is 0 Å². The highest BCUT2D eigenvalue weighted by Crippen LogP contribution is 2.14. The van der Waals surface area contributed by atoms with Gasteiger partial charge in [-0.3, -0.25) is 8.98 Å². The number of rotatable bonds is 7. The quantitative estimate of drug-likeness (QED) is 0.438. The fourth-order valence-electron chi connectivity index (χ4n) is 1.41. The third-order valence-corrected chi connectivity index (χ3v) is 4.06. The van der Waals surface area contributed by atoms with E-state index in [1.165, 1.54) is 12.1 Å². The number of carbonyl (C=O) groups is 1. The van der Waals surface area contributed by atoms with E-state index in [4.69, 9.17) is 20.5 Å². The topological polar surface area (TPSA) is 69.7 Å². The number of carbonyl (C=O) groups excluding carboxylic acids is 1. The van der Waals surface area contributed by atoms with Gasteiger partial charge in [0.15, 0.2) is 0 Å². The van der Waals surface area contributed by atoms with E-state index in [2.05, 4.69) is 0 Å². The van der Waals surface area contributed by atoms with E-state index in [0.717, 1.165) is 5.56 Å². The van der Waals surface area contributed by atoms with E-state index in [9.17, 15) is 13.2 Å². The van der Waals surface area contributed by atoms with Crippen molar-refractivity contribution in [3.63, 3.8) is 0 Å². The molecule has 0 amide bonds. The third kappa shape index (κ3) is 5.48. The number of benzene rings is 1. The molecule has 0 saturated carbocycles. The zero-order valence-electron chi connectivity index (χ0n) is 11.3. The Labute approximate surface area is 124 Å². The van der Waals surface area contributed by atoms with Crippen molar-refractivity contribution >= 4 is 27.7 Å². The van der Waals surface area contributed by atoms with Crippen molar-refractivity contribution in [2.24, 2.45) is 0 Å². The number of hydrogen-bond acceptors (Lipinski definition) is 5. The molecule has 0 unspecified atom stereocenters. The Hall–Kier alpha value is -1.11. The first-order chi connectivity index (χ1) is 9.35. The van der Waals surface area contributed by atoms with Crippen LogP contribution in [0.2, 0.25) is 0 Å². The lowest BCUT2D eigenvalue weighted by Crippen LogP contribution is -2.18. The number of hydrogen-bond donors (Lipinski definition) is 0. The molecule has 0 saturated heterocycles. The number of ether oxygens (including phenoxy) is 1. The predicted molar refractivity (Wildman–Crippen MR) is 75.2 cm³/mol. The van der Waals surface area contributed by atoms with Crippen molar-refractivity contribution in [3.8, 4) is 0 Å². The first-order valence-corrected chi connectivity index (χ1v) is 8.01. The highest BCUT2D eigenvalue weighted by atomic mass is 35.5. The van der Waals surface area contributed by atoms with E-state index < -0.39 is 22.2 Å². The van der Waals surface area contributed by atoms with E-state index >= 15 is 0 Å². The minimum Gasteiger partial charge on any atom is -0.462 e. The monoisotopic (exact) mass is 320 g/mol. The van der Waals surface area contributed by atoms with Crippen LogP contribution in [-0.2, 0) is 23.8 Å². The van der Waals surface area contributed by atoms with Crippen LogP contribution in [0.25, 0.3) is 0 Å². The van der Waals surface area contributed by atoms with Crippen molar-refractivity contribution in [3.05, 3.63) is 29.8 Å². The lowest BCUT2D eigenvalue weighted by molar-refractivity contribution is -0.145. The summed E-state index contributed by atoms with van der Waals surface area (Å²) >= 11 is 5.29. The van der Waals surface area contributed by atoms with Crippen LogP contribution in [0.15, 0.2) is 29.2 Å². The summed E-state index contributed by atoms with van der Waals surface area (Å²) in [7, 11) is -3.77. The Kier molecular flexibility index (Phi) is 6.45. The van der Waals surface area contributed by atoms with Crippen molar-refractivity contribution < 1.29 is 22.1 Å². The lowest BCUT2D eigenvalue weighted by atomic mass is 10.2. The van der Waals surface area contributed by atoms with Gasteiger partial charge in [0, 0.05) is 6.42 Å². The number of aryl methyl sites for hydroxylation is 1. The average molecular weight is 321 g/mol. The highest BCUT2D eigenvalue weighted by molar-refractivity contribution is 7.86. The van der Waals surface area contributed by atoms with E-state index in [0.29, 0.717) is 0 Å². The van der Waals surface area contributed by atoms with E-state index in [-0.39, 0.29) is 23.8 Å². The van der Waals surface area contributed by atoms with Crippen LogP contribution in [0.5, 0.6) is 0 Å².